The lowest BCUT2D eigenvalue weighted by Crippen LogP contribution is -2.48. The minimum absolute atomic E-state index is 0.0811. The van der Waals surface area contributed by atoms with Crippen molar-refractivity contribution in [3.63, 3.8) is 0 Å². The van der Waals surface area contributed by atoms with Crippen molar-refractivity contribution >= 4 is 27.7 Å². The molecule has 1 aromatic carbocycles. The van der Waals surface area contributed by atoms with Crippen LogP contribution >= 0.6 is 11.8 Å². The standard InChI is InChI=1S/C23H30N4O4S2/c28-22(24-15-20-7-4-14-31-20)18-32-23-9-8-21(16-25-23)33(29,30)27-12-10-26(11-13-27)17-19-5-2-1-3-6-19/h1-3,5-6,8-9,16,20H,4,7,10-15,17-18H2,(H,24,28)/t20-/m1/s1. The second-order valence-corrected chi connectivity index (χ2v) is 11.2. The van der Waals surface area contributed by atoms with Crippen molar-refractivity contribution in [1.82, 2.24) is 19.5 Å². The molecule has 1 atom stereocenters. The lowest BCUT2D eigenvalue weighted by Gasteiger charge is -2.33. The van der Waals surface area contributed by atoms with Crippen LogP contribution in [0.1, 0.15) is 18.4 Å². The van der Waals surface area contributed by atoms with E-state index in [1.165, 1.54) is 27.8 Å². The van der Waals surface area contributed by atoms with Gasteiger partial charge in [-0.3, -0.25) is 9.69 Å². The Labute approximate surface area is 199 Å². The molecule has 2 aliphatic heterocycles. The highest BCUT2D eigenvalue weighted by Crippen LogP contribution is 2.21. The number of piperazine rings is 1. The van der Waals surface area contributed by atoms with E-state index in [-0.39, 0.29) is 22.7 Å². The fraction of sp³-hybridized carbons (Fsp3) is 0.478. The number of thioether (sulfide) groups is 1. The van der Waals surface area contributed by atoms with Gasteiger partial charge in [-0.25, -0.2) is 13.4 Å². The summed E-state index contributed by atoms with van der Waals surface area (Å²) in [4.78, 5) is 18.7. The molecule has 1 aromatic heterocycles. The molecule has 0 radical (unpaired) electrons. The fourth-order valence-electron chi connectivity index (χ4n) is 3.95. The molecule has 0 bridgehead atoms. The molecule has 178 valence electrons. The van der Waals surface area contributed by atoms with Crippen LogP contribution in [0.2, 0.25) is 0 Å². The average Bonchev–Trinajstić information content (AvgIpc) is 3.36. The number of carbonyl (C=O) groups is 1. The number of hydrogen-bond donors (Lipinski definition) is 1. The number of benzene rings is 1. The summed E-state index contributed by atoms with van der Waals surface area (Å²) in [5, 5.41) is 3.49. The first-order valence-corrected chi connectivity index (χ1v) is 13.7. The first-order chi connectivity index (χ1) is 16.0. The van der Waals surface area contributed by atoms with Crippen molar-refractivity contribution in [2.75, 3.05) is 45.1 Å². The van der Waals surface area contributed by atoms with Crippen molar-refractivity contribution in [1.29, 1.82) is 0 Å². The van der Waals surface area contributed by atoms with Crippen LogP contribution in [-0.2, 0) is 26.1 Å². The molecule has 1 N–H and O–H groups in total. The van der Waals surface area contributed by atoms with Gasteiger partial charge in [0.25, 0.3) is 0 Å². The second kappa shape index (κ2) is 11.4. The van der Waals surface area contributed by atoms with Gasteiger partial charge in [-0.2, -0.15) is 4.31 Å². The number of carbonyl (C=O) groups excluding carboxylic acids is 1. The van der Waals surface area contributed by atoms with Crippen LogP contribution in [0.3, 0.4) is 0 Å². The number of amides is 1. The summed E-state index contributed by atoms with van der Waals surface area (Å²) in [6.45, 7) is 4.41. The Morgan fingerprint density at radius 2 is 1.91 bits per heavy atom. The number of ether oxygens (including phenoxy) is 1. The Bertz CT molecular complexity index is 1000. The van der Waals surface area contributed by atoms with Crippen molar-refractivity contribution in [2.45, 2.75) is 35.4 Å². The van der Waals surface area contributed by atoms with E-state index in [2.05, 4.69) is 27.3 Å². The third-order valence-corrected chi connectivity index (χ3v) is 8.66. The molecule has 2 aromatic rings. The smallest absolute Gasteiger partial charge is 0.244 e. The third-order valence-electron chi connectivity index (χ3n) is 5.83. The highest BCUT2D eigenvalue weighted by Gasteiger charge is 2.28. The molecule has 8 nitrogen and oxygen atoms in total. The highest BCUT2D eigenvalue weighted by molar-refractivity contribution is 7.99. The predicted molar refractivity (Wildman–Crippen MR) is 127 cm³/mol. The van der Waals surface area contributed by atoms with Gasteiger partial charge in [-0.1, -0.05) is 42.1 Å². The van der Waals surface area contributed by atoms with Gasteiger partial charge in [0, 0.05) is 52.1 Å². The summed E-state index contributed by atoms with van der Waals surface area (Å²) < 4.78 is 33.1. The minimum Gasteiger partial charge on any atom is -0.376 e. The number of nitrogens with zero attached hydrogens (tertiary/aromatic N) is 3. The van der Waals surface area contributed by atoms with E-state index in [9.17, 15) is 13.2 Å². The Morgan fingerprint density at radius 3 is 2.58 bits per heavy atom. The second-order valence-electron chi connectivity index (χ2n) is 8.23. The van der Waals surface area contributed by atoms with Gasteiger partial charge >= 0.3 is 0 Å². The summed E-state index contributed by atoms with van der Waals surface area (Å²) in [5.41, 5.74) is 1.23. The van der Waals surface area contributed by atoms with E-state index >= 15 is 0 Å². The zero-order chi connectivity index (χ0) is 23.1. The van der Waals surface area contributed by atoms with E-state index in [4.69, 9.17) is 4.74 Å². The molecule has 0 aliphatic carbocycles. The summed E-state index contributed by atoms with van der Waals surface area (Å²) in [6.07, 6.45) is 3.52. The zero-order valence-electron chi connectivity index (χ0n) is 18.6. The number of pyridine rings is 1. The number of nitrogens with one attached hydrogen (secondary N) is 1. The maximum Gasteiger partial charge on any atom is 0.244 e. The molecule has 2 saturated heterocycles. The van der Waals surface area contributed by atoms with Crippen LogP contribution in [-0.4, -0.2) is 79.7 Å². The van der Waals surface area contributed by atoms with Gasteiger partial charge in [0.15, 0.2) is 0 Å². The minimum atomic E-state index is -3.58. The van der Waals surface area contributed by atoms with Crippen LogP contribution in [0.4, 0.5) is 0 Å². The molecule has 2 fully saturated rings. The quantitative estimate of drug-likeness (QED) is 0.538. The predicted octanol–water partition coefficient (Wildman–Crippen LogP) is 1.98. The van der Waals surface area contributed by atoms with Crippen LogP contribution in [0.5, 0.6) is 0 Å². The van der Waals surface area contributed by atoms with E-state index < -0.39 is 10.0 Å². The molecule has 0 spiro atoms. The number of hydrogen-bond acceptors (Lipinski definition) is 7. The molecule has 10 heteroatoms. The van der Waals surface area contributed by atoms with Gasteiger partial charge in [0.2, 0.25) is 15.9 Å². The normalized spacial score (nSPS) is 20.1. The third kappa shape index (κ3) is 6.77. The van der Waals surface area contributed by atoms with Crippen LogP contribution in [0, 0.1) is 0 Å². The van der Waals surface area contributed by atoms with E-state index in [1.807, 2.05) is 18.2 Å². The summed E-state index contributed by atoms with van der Waals surface area (Å²) in [7, 11) is -3.58. The van der Waals surface area contributed by atoms with Crippen molar-refractivity contribution < 1.29 is 17.9 Å². The first-order valence-electron chi connectivity index (χ1n) is 11.2. The number of sulfonamides is 1. The van der Waals surface area contributed by atoms with Gasteiger partial charge in [-0.15, -0.1) is 0 Å². The van der Waals surface area contributed by atoms with E-state index in [1.54, 1.807) is 12.1 Å². The van der Waals surface area contributed by atoms with Crippen LogP contribution in [0.25, 0.3) is 0 Å². The Balaban J connectivity index is 1.24. The van der Waals surface area contributed by atoms with Crippen molar-refractivity contribution in [3.8, 4) is 0 Å². The lowest BCUT2D eigenvalue weighted by molar-refractivity contribution is -0.119. The summed E-state index contributed by atoms with van der Waals surface area (Å²) in [6, 6.07) is 13.4. The number of rotatable bonds is 9. The molecule has 2 aliphatic rings. The zero-order valence-corrected chi connectivity index (χ0v) is 20.2. The topological polar surface area (TPSA) is 91.8 Å². The monoisotopic (exact) mass is 490 g/mol. The maximum absolute atomic E-state index is 13.0. The first kappa shape index (κ1) is 24.2. The molecule has 1 amide bonds. The summed E-state index contributed by atoms with van der Waals surface area (Å²) in [5.74, 6) is 0.150. The van der Waals surface area contributed by atoms with Crippen molar-refractivity contribution in [3.05, 3.63) is 54.2 Å². The van der Waals surface area contributed by atoms with Crippen molar-refractivity contribution in [2.24, 2.45) is 0 Å². The molecule has 0 unspecified atom stereocenters. The summed E-state index contributed by atoms with van der Waals surface area (Å²) >= 11 is 1.29. The number of aromatic nitrogens is 1. The van der Waals surface area contributed by atoms with E-state index in [0.29, 0.717) is 37.7 Å². The van der Waals surface area contributed by atoms with Gasteiger partial charge < -0.3 is 10.1 Å². The molecule has 33 heavy (non-hydrogen) atoms. The highest BCUT2D eigenvalue weighted by atomic mass is 32.2. The lowest BCUT2D eigenvalue weighted by atomic mass is 10.2. The van der Waals surface area contributed by atoms with Gasteiger partial charge in [-0.05, 0) is 30.5 Å². The van der Waals surface area contributed by atoms with Crippen LogP contribution in [0.15, 0.2) is 58.6 Å². The van der Waals surface area contributed by atoms with Gasteiger partial charge in [0.1, 0.15) is 4.90 Å². The van der Waals surface area contributed by atoms with E-state index in [0.717, 1.165) is 26.0 Å². The molecule has 0 saturated carbocycles. The fourth-order valence-corrected chi connectivity index (χ4v) is 5.99. The Morgan fingerprint density at radius 1 is 1.12 bits per heavy atom. The SMILES string of the molecule is O=C(CSc1ccc(S(=O)(=O)N2CCN(Cc3ccccc3)CC2)cn1)NC[C@H]1CCCO1. The molecular weight excluding hydrogens is 460 g/mol. The maximum atomic E-state index is 13.0. The van der Waals surface area contributed by atoms with Gasteiger partial charge in [0.05, 0.1) is 16.9 Å². The molecule has 4 rings (SSSR count). The van der Waals surface area contributed by atoms with Crippen LogP contribution < -0.4 is 5.32 Å². The Kier molecular flexibility index (Phi) is 8.37. The Hall–Kier alpha value is -1.98. The average molecular weight is 491 g/mol. The largest absolute Gasteiger partial charge is 0.376 e. The molecule has 3 heterocycles. The molecular formula is C23H30N4O4S2.